The van der Waals surface area contributed by atoms with Gasteiger partial charge in [0.25, 0.3) is 0 Å². The number of carbonyl (C=O) groups is 1. The summed E-state index contributed by atoms with van der Waals surface area (Å²) in [6.07, 6.45) is 5.11. The Kier molecular flexibility index (Phi) is 9.22. The molecule has 3 atom stereocenters. The number of halogens is 2. The summed E-state index contributed by atoms with van der Waals surface area (Å²) >= 11 is 0. The standard InChI is InChI=1S/C19H29N3O.2ClH/c1-21(19(23)16-9-10-17(20)12-16)18-8-5-11-22(14-18)13-15-6-3-2-4-7-15;;/h2-4,6-7,16-18H,5,8-14,20H2,1H3;2*1H. The van der Waals surface area contributed by atoms with Crippen LogP contribution in [0.15, 0.2) is 30.3 Å². The van der Waals surface area contributed by atoms with Crippen LogP contribution in [0.25, 0.3) is 0 Å². The molecule has 4 nitrogen and oxygen atoms in total. The second kappa shape index (κ2) is 10.4. The molecule has 6 heteroatoms. The van der Waals surface area contributed by atoms with Gasteiger partial charge in [-0.1, -0.05) is 30.3 Å². The molecule has 1 saturated carbocycles. The Bertz CT molecular complexity index is 529. The van der Waals surface area contributed by atoms with Crippen molar-refractivity contribution in [3.8, 4) is 0 Å². The minimum absolute atomic E-state index is 0. The molecule has 0 bridgehead atoms. The number of nitrogens with two attached hydrogens (primary N) is 1. The molecule has 25 heavy (non-hydrogen) atoms. The smallest absolute Gasteiger partial charge is 0.225 e. The second-order valence-corrected chi connectivity index (χ2v) is 7.24. The second-order valence-electron chi connectivity index (χ2n) is 7.24. The van der Waals surface area contributed by atoms with E-state index < -0.39 is 0 Å². The summed E-state index contributed by atoms with van der Waals surface area (Å²) in [5.41, 5.74) is 7.32. The molecular weight excluding hydrogens is 357 g/mol. The van der Waals surface area contributed by atoms with Gasteiger partial charge in [-0.15, -0.1) is 24.8 Å². The van der Waals surface area contributed by atoms with Crippen LogP contribution < -0.4 is 5.73 Å². The number of benzene rings is 1. The summed E-state index contributed by atoms with van der Waals surface area (Å²) in [5, 5.41) is 0. The number of likely N-dealkylation sites (N-methyl/N-ethyl adjacent to an activating group) is 1. The van der Waals surface area contributed by atoms with E-state index in [-0.39, 0.29) is 36.8 Å². The fourth-order valence-electron chi connectivity index (χ4n) is 4.04. The predicted molar refractivity (Wildman–Crippen MR) is 107 cm³/mol. The Labute approximate surface area is 163 Å². The van der Waals surface area contributed by atoms with E-state index in [4.69, 9.17) is 5.73 Å². The topological polar surface area (TPSA) is 49.6 Å². The monoisotopic (exact) mass is 387 g/mol. The Balaban J connectivity index is 0.00000156. The zero-order chi connectivity index (χ0) is 16.2. The van der Waals surface area contributed by atoms with Crippen LogP contribution in [0.5, 0.6) is 0 Å². The molecular formula is C19H31Cl2N3O. The predicted octanol–water partition coefficient (Wildman–Crippen LogP) is 3.08. The highest BCUT2D eigenvalue weighted by atomic mass is 35.5. The van der Waals surface area contributed by atoms with E-state index >= 15 is 0 Å². The first-order valence-corrected chi connectivity index (χ1v) is 8.92. The fourth-order valence-corrected chi connectivity index (χ4v) is 4.04. The van der Waals surface area contributed by atoms with Crippen molar-refractivity contribution < 1.29 is 4.79 Å². The molecule has 1 heterocycles. The SMILES string of the molecule is CN(C(=O)C1CCC(N)C1)C1CCCN(Cc2ccccc2)C1.Cl.Cl. The summed E-state index contributed by atoms with van der Waals surface area (Å²) < 4.78 is 0. The third-order valence-corrected chi connectivity index (χ3v) is 5.45. The molecule has 0 spiro atoms. The Morgan fingerprint density at radius 3 is 2.56 bits per heavy atom. The van der Waals surface area contributed by atoms with Crippen LogP contribution in [0.1, 0.15) is 37.7 Å². The number of amides is 1. The van der Waals surface area contributed by atoms with Crippen LogP contribution in [-0.4, -0.2) is 47.9 Å². The third-order valence-electron chi connectivity index (χ3n) is 5.45. The average Bonchev–Trinajstić information content (AvgIpc) is 3.01. The molecule has 1 aliphatic carbocycles. The minimum Gasteiger partial charge on any atom is -0.341 e. The fraction of sp³-hybridized carbons (Fsp3) is 0.632. The summed E-state index contributed by atoms with van der Waals surface area (Å²) in [6, 6.07) is 11.2. The summed E-state index contributed by atoms with van der Waals surface area (Å²) in [7, 11) is 1.99. The van der Waals surface area contributed by atoms with Crippen LogP contribution in [0, 0.1) is 5.92 Å². The van der Waals surface area contributed by atoms with Crippen molar-refractivity contribution >= 4 is 30.7 Å². The molecule has 1 aliphatic heterocycles. The number of hydrogen-bond donors (Lipinski definition) is 1. The van der Waals surface area contributed by atoms with Gasteiger partial charge in [0.2, 0.25) is 5.91 Å². The van der Waals surface area contributed by atoms with Gasteiger partial charge in [-0.3, -0.25) is 9.69 Å². The highest BCUT2D eigenvalue weighted by molar-refractivity contribution is 5.85. The van der Waals surface area contributed by atoms with E-state index in [1.165, 1.54) is 12.0 Å². The maximum Gasteiger partial charge on any atom is 0.225 e. The van der Waals surface area contributed by atoms with Crippen LogP contribution in [0.3, 0.4) is 0 Å². The van der Waals surface area contributed by atoms with Gasteiger partial charge in [-0.25, -0.2) is 0 Å². The maximum atomic E-state index is 12.7. The first-order chi connectivity index (χ1) is 11.1. The van der Waals surface area contributed by atoms with E-state index in [0.29, 0.717) is 11.9 Å². The number of hydrogen-bond acceptors (Lipinski definition) is 3. The molecule has 2 fully saturated rings. The zero-order valence-electron chi connectivity index (χ0n) is 15.0. The summed E-state index contributed by atoms with van der Waals surface area (Å²) in [6.45, 7) is 3.09. The maximum absolute atomic E-state index is 12.7. The van der Waals surface area contributed by atoms with E-state index in [0.717, 1.165) is 45.3 Å². The number of likely N-dealkylation sites (tertiary alicyclic amines) is 1. The Morgan fingerprint density at radius 1 is 1.20 bits per heavy atom. The van der Waals surface area contributed by atoms with Crippen molar-refractivity contribution in [2.75, 3.05) is 20.1 Å². The number of nitrogens with zero attached hydrogens (tertiary/aromatic N) is 2. The third kappa shape index (κ3) is 5.85. The molecule has 1 aromatic rings. The lowest BCUT2D eigenvalue weighted by Crippen LogP contribution is -2.49. The van der Waals surface area contributed by atoms with Gasteiger partial charge in [-0.2, -0.15) is 0 Å². The van der Waals surface area contributed by atoms with E-state index in [9.17, 15) is 4.79 Å². The molecule has 0 aromatic heterocycles. The van der Waals surface area contributed by atoms with Gasteiger partial charge in [0, 0.05) is 38.1 Å². The van der Waals surface area contributed by atoms with Crippen molar-refractivity contribution in [3.63, 3.8) is 0 Å². The van der Waals surface area contributed by atoms with Crippen molar-refractivity contribution in [2.24, 2.45) is 11.7 Å². The highest BCUT2D eigenvalue weighted by Gasteiger charge is 2.33. The molecule has 2 N–H and O–H groups in total. The van der Waals surface area contributed by atoms with Gasteiger partial charge < -0.3 is 10.6 Å². The van der Waals surface area contributed by atoms with Crippen molar-refractivity contribution in [2.45, 2.75) is 50.7 Å². The number of piperidine rings is 1. The van der Waals surface area contributed by atoms with Crippen LogP contribution in [0.4, 0.5) is 0 Å². The molecule has 1 aromatic carbocycles. The van der Waals surface area contributed by atoms with Crippen LogP contribution in [0.2, 0.25) is 0 Å². The van der Waals surface area contributed by atoms with Gasteiger partial charge in [0.05, 0.1) is 0 Å². The highest BCUT2D eigenvalue weighted by Crippen LogP contribution is 2.27. The normalized spacial score (nSPS) is 26.4. The van der Waals surface area contributed by atoms with Crippen molar-refractivity contribution in [1.82, 2.24) is 9.80 Å². The van der Waals surface area contributed by atoms with Crippen molar-refractivity contribution in [1.29, 1.82) is 0 Å². The van der Waals surface area contributed by atoms with E-state index in [2.05, 4.69) is 35.2 Å². The lowest BCUT2D eigenvalue weighted by atomic mass is 10.0. The van der Waals surface area contributed by atoms with E-state index in [1.54, 1.807) is 0 Å². The lowest BCUT2D eigenvalue weighted by Gasteiger charge is -2.38. The van der Waals surface area contributed by atoms with Gasteiger partial charge in [0.1, 0.15) is 0 Å². The molecule has 3 unspecified atom stereocenters. The zero-order valence-corrected chi connectivity index (χ0v) is 16.6. The molecule has 1 saturated heterocycles. The van der Waals surface area contributed by atoms with Crippen LogP contribution in [-0.2, 0) is 11.3 Å². The molecule has 0 radical (unpaired) electrons. The summed E-state index contributed by atoms with van der Waals surface area (Å²) in [4.78, 5) is 17.2. The van der Waals surface area contributed by atoms with Crippen LogP contribution >= 0.6 is 24.8 Å². The number of rotatable bonds is 4. The van der Waals surface area contributed by atoms with Gasteiger partial charge in [-0.05, 0) is 44.2 Å². The first kappa shape index (κ1) is 22.2. The Morgan fingerprint density at radius 2 is 1.92 bits per heavy atom. The Hall–Kier alpha value is -0.810. The molecule has 2 aliphatic rings. The average molecular weight is 388 g/mol. The van der Waals surface area contributed by atoms with Crippen molar-refractivity contribution in [3.05, 3.63) is 35.9 Å². The molecule has 1 amide bonds. The lowest BCUT2D eigenvalue weighted by molar-refractivity contribution is -0.137. The first-order valence-electron chi connectivity index (χ1n) is 8.92. The minimum atomic E-state index is 0. The summed E-state index contributed by atoms with van der Waals surface area (Å²) in [5.74, 6) is 0.462. The van der Waals surface area contributed by atoms with Gasteiger partial charge in [0.15, 0.2) is 0 Å². The number of carbonyl (C=O) groups excluding carboxylic acids is 1. The molecule has 3 rings (SSSR count). The van der Waals surface area contributed by atoms with Gasteiger partial charge >= 0.3 is 0 Å². The quantitative estimate of drug-likeness (QED) is 0.863. The largest absolute Gasteiger partial charge is 0.341 e. The van der Waals surface area contributed by atoms with E-state index in [1.807, 2.05) is 11.9 Å². The molecule has 142 valence electrons.